The lowest BCUT2D eigenvalue weighted by molar-refractivity contribution is -0.151. The van der Waals surface area contributed by atoms with E-state index in [0.29, 0.717) is 6.29 Å². The minimum Gasteiger partial charge on any atom is -0.475 e. The zero-order chi connectivity index (χ0) is 28.6. The van der Waals surface area contributed by atoms with Crippen LogP contribution < -0.4 is 10.2 Å². The molecule has 0 saturated carbocycles. The first-order chi connectivity index (χ1) is 20.0. The number of aldehydes is 1. The van der Waals surface area contributed by atoms with E-state index in [-0.39, 0.29) is 11.4 Å². The molecule has 4 aromatic carbocycles. The predicted octanol–water partition coefficient (Wildman–Crippen LogP) is 6.72. The molecular formula is C35H29NO5. The number of nitrogens with zero attached hydrogens (tertiary/aromatic N) is 1. The fourth-order valence-electron chi connectivity index (χ4n) is 4.69. The van der Waals surface area contributed by atoms with Crippen molar-refractivity contribution in [3.63, 3.8) is 0 Å². The van der Waals surface area contributed by atoms with Crippen LogP contribution in [0.3, 0.4) is 0 Å². The number of benzene rings is 4. The third-order valence-corrected chi connectivity index (χ3v) is 6.84. The molecule has 0 fully saturated rings. The summed E-state index contributed by atoms with van der Waals surface area (Å²) in [5.74, 6) is -0.557. The van der Waals surface area contributed by atoms with Gasteiger partial charge in [0.1, 0.15) is 12.1 Å². The van der Waals surface area contributed by atoms with Crippen molar-refractivity contribution in [2.45, 2.75) is 25.2 Å². The molecule has 0 aliphatic carbocycles. The summed E-state index contributed by atoms with van der Waals surface area (Å²) in [7, 11) is 0. The van der Waals surface area contributed by atoms with Crippen molar-refractivity contribution in [1.29, 1.82) is 0 Å². The van der Waals surface area contributed by atoms with E-state index in [9.17, 15) is 14.4 Å². The second-order valence-corrected chi connectivity index (χ2v) is 9.59. The van der Waals surface area contributed by atoms with E-state index >= 15 is 0 Å². The highest BCUT2D eigenvalue weighted by molar-refractivity contribution is 5.78. The van der Waals surface area contributed by atoms with Gasteiger partial charge in [-0.25, -0.2) is 4.79 Å². The molecular weight excluding hydrogens is 514 g/mol. The zero-order valence-electron chi connectivity index (χ0n) is 22.5. The smallest absolute Gasteiger partial charge is 0.329 e. The van der Waals surface area contributed by atoms with Crippen LogP contribution in [-0.4, -0.2) is 16.8 Å². The molecule has 1 aromatic heterocycles. The van der Waals surface area contributed by atoms with Crippen LogP contribution in [0.1, 0.15) is 57.9 Å². The van der Waals surface area contributed by atoms with Crippen molar-refractivity contribution in [3.8, 4) is 5.75 Å². The molecule has 5 aromatic rings. The maximum Gasteiger partial charge on any atom is 0.329 e. The number of pyridine rings is 1. The molecule has 0 aliphatic rings. The normalized spacial score (nSPS) is 11.7. The molecule has 41 heavy (non-hydrogen) atoms. The number of hydrogen-bond acceptors (Lipinski definition) is 5. The fourth-order valence-corrected chi connectivity index (χ4v) is 4.69. The van der Waals surface area contributed by atoms with Crippen LogP contribution >= 0.6 is 0 Å². The standard InChI is InChI=1S/C35H29NO5/c1-25(35(39)41-34(28-18-10-4-11-19-28)29-20-12-5-13-21-29)36-23-32(31(38)22-30(36)24-37)40-33(26-14-6-2-7-15-26)27-16-8-3-9-17-27/h2-25,33-34H,1H3. The average molecular weight is 544 g/mol. The first-order valence-electron chi connectivity index (χ1n) is 13.3. The third kappa shape index (κ3) is 6.34. The van der Waals surface area contributed by atoms with Crippen molar-refractivity contribution in [2.75, 3.05) is 0 Å². The van der Waals surface area contributed by atoms with E-state index in [0.717, 1.165) is 22.3 Å². The van der Waals surface area contributed by atoms with Crippen LogP contribution in [0.2, 0.25) is 0 Å². The molecule has 0 bridgehead atoms. The van der Waals surface area contributed by atoms with Gasteiger partial charge in [0.05, 0.1) is 11.9 Å². The molecule has 1 atom stereocenters. The third-order valence-electron chi connectivity index (χ3n) is 6.84. The van der Waals surface area contributed by atoms with Gasteiger partial charge in [0.25, 0.3) is 0 Å². The summed E-state index contributed by atoms with van der Waals surface area (Å²) < 4.78 is 13.8. The number of carbonyl (C=O) groups excluding carboxylic acids is 2. The molecule has 0 radical (unpaired) electrons. The van der Waals surface area contributed by atoms with Gasteiger partial charge >= 0.3 is 5.97 Å². The van der Waals surface area contributed by atoms with Gasteiger partial charge < -0.3 is 14.0 Å². The Morgan fingerprint density at radius 2 is 1.10 bits per heavy atom. The summed E-state index contributed by atoms with van der Waals surface area (Å²) in [6, 6.07) is 38.2. The van der Waals surface area contributed by atoms with Gasteiger partial charge in [0.2, 0.25) is 5.43 Å². The minimum atomic E-state index is -0.931. The second kappa shape index (κ2) is 12.7. The molecule has 0 N–H and O–H groups in total. The van der Waals surface area contributed by atoms with Gasteiger partial charge in [0, 0.05) is 6.07 Å². The Labute approximate surface area is 238 Å². The largest absolute Gasteiger partial charge is 0.475 e. The second-order valence-electron chi connectivity index (χ2n) is 9.59. The fraction of sp³-hybridized carbons (Fsp3) is 0.114. The van der Waals surface area contributed by atoms with Gasteiger partial charge in [-0.05, 0) is 29.2 Å². The number of ether oxygens (including phenoxy) is 2. The quantitative estimate of drug-likeness (QED) is 0.144. The molecule has 0 amide bonds. The number of carbonyl (C=O) groups is 2. The molecule has 0 aliphatic heterocycles. The zero-order valence-corrected chi connectivity index (χ0v) is 22.5. The van der Waals surface area contributed by atoms with Crippen molar-refractivity contribution in [3.05, 3.63) is 172 Å². The van der Waals surface area contributed by atoms with E-state index in [2.05, 4.69) is 0 Å². The number of esters is 1. The van der Waals surface area contributed by atoms with Crippen LogP contribution in [0, 0.1) is 0 Å². The van der Waals surface area contributed by atoms with Gasteiger partial charge in [-0.1, -0.05) is 121 Å². The maximum atomic E-state index is 13.6. The first kappa shape index (κ1) is 27.3. The summed E-state index contributed by atoms with van der Waals surface area (Å²) in [4.78, 5) is 38.6. The first-order valence-corrected chi connectivity index (χ1v) is 13.3. The average Bonchev–Trinajstić information content (AvgIpc) is 3.04. The lowest BCUT2D eigenvalue weighted by Crippen LogP contribution is -2.26. The van der Waals surface area contributed by atoms with E-state index in [4.69, 9.17) is 9.47 Å². The highest BCUT2D eigenvalue weighted by Crippen LogP contribution is 2.30. The number of rotatable bonds is 10. The Morgan fingerprint density at radius 3 is 1.51 bits per heavy atom. The Balaban J connectivity index is 1.48. The Morgan fingerprint density at radius 1 is 0.683 bits per heavy atom. The maximum absolute atomic E-state index is 13.6. The van der Waals surface area contributed by atoms with Crippen molar-refractivity contribution in [1.82, 2.24) is 4.57 Å². The van der Waals surface area contributed by atoms with E-state index in [1.807, 2.05) is 121 Å². The Hall–Kier alpha value is -5.23. The van der Waals surface area contributed by atoms with Gasteiger partial charge in [-0.15, -0.1) is 0 Å². The van der Waals surface area contributed by atoms with Crippen LogP contribution in [0.4, 0.5) is 0 Å². The van der Waals surface area contributed by atoms with Gasteiger partial charge in [0.15, 0.2) is 18.1 Å². The summed E-state index contributed by atoms with van der Waals surface area (Å²) in [6.07, 6.45) is 0.731. The number of hydrogen-bond donors (Lipinski definition) is 0. The highest BCUT2D eigenvalue weighted by Gasteiger charge is 2.26. The van der Waals surface area contributed by atoms with Crippen LogP contribution in [0.5, 0.6) is 5.75 Å². The lowest BCUT2D eigenvalue weighted by Gasteiger charge is -2.24. The predicted molar refractivity (Wildman–Crippen MR) is 157 cm³/mol. The van der Waals surface area contributed by atoms with Crippen LogP contribution in [-0.2, 0) is 9.53 Å². The summed E-state index contributed by atoms with van der Waals surface area (Å²) in [5, 5.41) is 0. The Kier molecular flexibility index (Phi) is 8.50. The van der Waals surface area contributed by atoms with Crippen molar-refractivity contribution >= 4 is 12.3 Å². The molecule has 6 nitrogen and oxygen atoms in total. The van der Waals surface area contributed by atoms with Crippen LogP contribution in [0.15, 0.2) is 138 Å². The number of aromatic nitrogens is 1. The summed E-state index contributed by atoms with van der Waals surface area (Å²) in [5.41, 5.74) is 2.90. The molecule has 1 heterocycles. The highest BCUT2D eigenvalue weighted by atomic mass is 16.5. The lowest BCUT2D eigenvalue weighted by atomic mass is 10.0. The van der Waals surface area contributed by atoms with Crippen molar-refractivity contribution < 1.29 is 19.1 Å². The Bertz CT molecular complexity index is 1570. The molecule has 0 spiro atoms. The molecule has 1 unspecified atom stereocenters. The van der Waals surface area contributed by atoms with Gasteiger partial charge in [-0.2, -0.15) is 0 Å². The van der Waals surface area contributed by atoms with Gasteiger partial charge in [-0.3, -0.25) is 9.59 Å². The summed E-state index contributed by atoms with van der Waals surface area (Å²) >= 11 is 0. The van der Waals surface area contributed by atoms with E-state index in [1.54, 1.807) is 6.92 Å². The minimum absolute atomic E-state index is 0.00984. The monoisotopic (exact) mass is 543 g/mol. The van der Waals surface area contributed by atoms with Crippen molar-refractivity contribution in [2.24, 2.45) is 0 Å². The van der Waals surface area contributed by atoms with E-state index < -0.39 is 29.6 Å². The molecule has 204 valence electrons. The SMILES string of the molecule is CC(C(=O)OC(c1ccccc1)c1ccccc1)n1cc(OC(c2ccccc2)c2ccccc2)c(=O)cc1C=O. The van der Waals surface area contributed by atoms with E-state index in [1.165, 1.54) is 16.8 Å². The molecule has 5 rings (SSSR count). The van der Waals surface area contributed by atoms with Crippen LogP contribution in [0.25, 0.3) is 0 Å². The topological polar surface area (TPSA) is 74.6 Å². The molecule has 0 saturated heterocycles. The summed E-state index contributed by atoms with van der Waals surface area (Å²) in [6.45, 7) is 1.63. The molecule has 6 heteroatoms.